The van der Waals surface area contributed by atoms with Gasteiger partial charge in [-0.3, -0.25) is 0 Å². The first-order valence-electron chi connectivity index (χ1n) is 3.40. The van der Waals surface area contributed by atoms with Crippen LogP contribution in [0.2, 0.25) is 0 Å². The molecule has 0 aliphatic carbocycles. The van der Waals surface area contributed by atoms with Crippen molar-refractivity contribution in [2.24, 2.45) is 0 Å². The van der Waals surface area contributed by atoms with Gasteiger partial charge >= 0.3 is 0 Å². The molecule has 0 aliphatic rings. The standard InChI is InChI=1S/C12H2/c1-3-7-11(8-4-1)12-9-5-2-6-10-12/h7,9H. The first kappa shape index (κ1) is 7.11. The summed E-state index contributed by atoms with van der Waals surface area (Å²) in [6.45, 7) is 0. The molecule has 12 heavy (non-hydrogen) atoms. The Balaban J connectivity index is 2.46. The third-order valence-electron chi connectivity index (χ3n) is 1.39. The molecule has 0 aliphatic heterocycles. The minimum atomic E-state index is 0.871. The molecule has 0 amide bonds. The molecule has 2 aromatic rings. The molecule has 0 saturated carbocycles. The van der Waals surface area contributed by atoms with Crippen LogP contribution in [-0.2, 0) is 0 Å². The molecule has 0 bridgehead atoms. The highest BCUT2D eigenvalue weighted by Gasteiger charge is 1.94. The Kier molecular flexibility index (Phi) is 1.91. The summed E-state index contributed by atoms with van der Waals surface area (Å²) in [4.78, 5) is 0. The fourth-order valence-corrected chi connectivity index (χ4v) is 0.848. The molecule has 8 radical (unpaired) electrons. The van der Waals surface area contributed by atoms with E-state index in [0.29, 0.717) is 0 Å². The van der Waals surface area contributed by atoms with E-state index in [1.54, 1.807) is 12.1 Å². The summed E-state index contributed by atoms with van der Waals surface area (Å²) in [5.74, 6) is 0. The molecule has 0 aromatic heterocycles. The Labute approximate surface area is 72.5 Å². The Bertz CT molecular complexity index is 297. The minimum Gasteiger partial charge on any atom is -0.0452 e. The van der Waals surface area contributed by atoms with Crippen LogP contribution in [0, 0.1) is 48.5 Å². The largest absolute Gasteiger partial charge is 0.0452 e. The Morgan fingerprint density at radius 2 is 1.17 bits per heavy atom. The van der Waals surface area contributed by atoms with E-state index < -0.39 is 0 Å². The predicted octanol–water partition coefficient (Wildman–Crippen LogP) is 1.76. The van der Waals surface area contributed by atoms with Crippen LogP contribution >= 0.6 is 0 Å². The van der Waals surface area contributed by atoms with E-state index in [1.165, 1.54) is 0 Å². The Morgan fingerprint density at radius 3 is 1.50 bits per heavy atom. The monoisotopic (exact) mass is 146 g/mol. The molecular weight excluding hydrogens is 144 g/mol. The number of benzene rings is 2. The van der Waals surface area contributed by atoms with Crippen LogP contribution in [-0.4, -0.2) is 0 Å². The summed E-state index contributed by atoms with van der Waals surface area (Å²) >= 11 is 0. The van der Waals surface area contributed by atoms with E-state index in [4.69, 9.17) is 0 Å². The molecule has 0 spiro atoms. The predicted molar refractivity (Wildman–Crippen MR) is 42.6 cm³/mol. The average Bonchev–Trinajstić information content (AvgIpc) is 2.21. The van der Waals surface area contributed by atoms with E-state index in [9.17, 15) is 0 Å². The van der Waals surface area contributed by atoms with E-state index in [0.717, 1.165) is 11.1 Å². The van der Waals surface area contributed by atoms with Crippen LogP contribution in [0.25, 0.3) is 11.1 Å². The van der Waals surface area contributed by atoms with Crippen LogP contribution in [0.3, 0.4) is 0 Å². The quantitative estimate of drug-likeness (QED) is 0.575. The van der Waals surface area contributed by atoms with E-state index >= 15 is 0 Å². The van der Waals surface area contributed by atoms with Crippen molar-refractivity contribution in [2.75, 3.05) is 0 Å². The maximum Gasteiger partial charge on any atom is -0.0000468 e. The van der Waals surface area contributed by atoms with Crippen LogP contribution in [0.1, 0.15) is 0 Å². The molecule has 0 saturated heterocycles. The molecule has 0 N–H and O–H groups in total. The minimum absolute atomic E-state index is 0.871. The van der Waals surface area contributed by atoms with Gasteiger partial charge in [-0.15, -0.1) is 0 Å². The molecule has 2 rings (SSSR count). The van der Waals surface area contributed by atoms with Crippen molar-refractivity contribution in [3.05, 3.63) is 60.7 Å². The van der Waals surface area contributed by atoms with E-state index in [-0.39, 0.29) is 0 Å². The molecule has 0 atom stereocenters. The summed E-state index contributed by atoms with van der Waals surface area (Å²) in [6.07, 6.45) is 0. The highest BCUT2D eigenvalue weighted by molar-refractivity contribution is 5.60. The lowest BCUT2D eigenvalue weighted by atomic mass is 10.1. The molecular formula is C12H2. The Hall–Kier alpha value is -1.56. The fourth-order valence-electron chi connectivity index (χ4n) is 0.848. The van der Waals surface area contributed by atoms with Crippen LogP contribution in [0.4, 0.5) is 0 Å². The zero-order chi connectivity index (χ0) is 8.23. The summed E-state index contributed by atoms with van der Waals surface area (Å²) in [5.41, 5.74) is 1.74. The van der Waals surface area contributed by atoms with E-state index in [2.05, 4.69) is 48.5 Å². The van der Waals surface area contributed by atoms with Gasteiger partial charge in [-0.05, 0) is 71.8 Å². The summed E-state index contributed by atoms with van der Waals surface area (Å²) in [7, 11) is 0. The van der Waals surface area contributed by atoms with Gasteiger partial charge in [-0.1, -0.05) is 0 Å². The highest BCUT2D eigenvalue weighted by Crippen LogP contribution is 2.14. The average molecular weight is 146 g/mol. The van der Waals surface area contributed by atoms with Gasteiger partial charge < -0.3 is 0 Å². The Morgan fingerprint density at radius 1 is 0.667 bits per heavy atom. The normalized spacial score (nSPS) is 9.67. The van der Waals surface area contributed by atoms with Gasteiger partial charge in [0.25, 0.3) is 0 Å². The zero-order valence-electron chi connectivity index (χ0n) is 6.15. The molecule has 2 aromatic carbocycles. The van der Waals surface area contributed by atoms with Gasteiger partial charge in [0, 0.05) is 0 Å². The van der Waals surface area contributed by atoms with Crippen molar-refractivity contribution in [3.8, 4) is 11.1 Å². The number of hydrogen-bond donors (Lipinski definition) is 0. The van der Waals surface area contributed by atoms with Crippen LogP contribution in [0.5, 0.6) is 0 Å². The maximum atomic E-state index is 2.89. The fraction of sp³-hybridized carbons (Fsp3) is 0. The molecule has 0 heterocycles. The number of rotatable bonds is 1. The van der Waals surface area contributed by atoms with Gasteiger partial charge in [0.05, 0.1) is 0 Å². The summed E-state index contributed by atoms with van der Waals surface area (Å²) in [5, 5.41) is 0. The van der Waals surface area contributed by atoms with Gasteiger partial charge in [0.2, 0.25) is 0 Å². The zero-order valence-corrected chi connectivity index (χ0v) is 6.15. The van der Waals surface area contributed by atoms with Crippen molar-refractivity contribution in [2.45, 2.75) is 0 Å². The van der Waals surface area contributed by atoms with Crippen molar-refractivity contribution in [1.29, 1.82) is 0 Å². The lowest BCUT2D eigenvalue weighted by molar-refractivity contribution is 1.56. The van der Waals surface area contributed by atoms with Crippen molar-refractivity contribution in [1.82, 2.24) is 0 Å². The third kappa shape index (κ3) is 1.37. The van der Waals surface area contributed by atoms with Gasteiger partial charge in [-0.25, -0.2) is 0 Å². The van der Waals surface area contributed by atoms with Crippen molar-refractivity contribution < 1.29 is 0 Å². The lowest BCUT2D eigenvalue weighted by Crippen LogP contribution is -1.76. The third-order valence-corrected chi connectivity index (χ3v) is 1.39. The van der Waals surface area contributed by atoms with Crippen LogP contribution < -0.4 is 0 Å². The molecule has 0 heteroatoms. The van der Waals surface area contributed by atoms with Crippen molar-refractivity contribution in [3.63, 3.8) is 0 Å². The first-order chi connectivity index (χ1) is 5.97. The van der Waals surface area contributed by atoms with Crippen molar-refractivity contribution >= 4 is 0 Å². The second-order valence-corrected chi connectivity index (χ2v) is 2.15. The topological polar surface area (TPSA) is 0 Å². The number of hydrogen-bond acceptors (Lipinski definition) is 0. The maximum absolute atomic E-state index is 2.89. The molecule has 0 unspecified atom stereocenters. The van der Waals surface area contributed by atoms with E-state index in [1.807, 2.05) is 0 Å². The molecule has 0 nitrogen and oxygen atoms in total. The molecule has 0 fully saturated rings. The second kappa shape index (κ2) is 3.22. The first-order valence-corrected chi connectivity index (χ1v) is 3.40. The van der Waals surface area contributed by atoms with Gasteiger partial charge in [-0.2, -0.15) is 0 Å². The summed E-state index contributed by atoms with van der Waals surface area (Å²) in [6, 6.07) is 25.6. The van der Waals surface area contributed by atoms with Gasteiger partial charge in [0.15, 0.2) is 0 Å². The smallest absolute Gasteiger partial charge is 0.0000468 e. The highest BCUT2D eigenvalue weighted by atomic mass is 14.0. The molecule has 50 valence electrons. The van der Waals surface area contributed by atoms with Gasteiger partial charge in [0.1, 0.15) is 0 Å². The van der Waals surface area contributed by atoms with Crippen LogP contribution in [0.15, 0.2) is 12.1 Å². The summed E-state index contributed by atoms with van der Waals surface area (Å²) < 4.78 is 0. The SMILES string of the molecule is [c]1[c][c]c(-c2[c][c][c][c]c2)c[c]1. The second-order valence-electron chi connectivity index (χ2n) is 2.15. The lowest BCUT2D eigenvalue weighted by Gasteiger charge is -1.95.